The highest BCUT2D eigenvalue weighted by Crippen LogP contribution is 2.27. The number of nitrogens with zero attached hydrogens (tertiary/aromatic N) is 1. The van der Waals surface area contributed by atoms with E-state index in [0.717, 1.165) is 17.4 Å². The van der Waals surface area contributed by atoms with Crippen molar-refractivity contribution in [2.24, 2.45) is 0 Å². The number of amides is 1. The molecule has 0 aliphatic carbocycles. The van der Waals surface area contributed by atoms with Crippen molar-refractivity contribution in [3.63, 3.8) is 0 Å². The summed E-state index contributed by atoms with van der Waals surface area (Å²) in [7, 11) is 0. The lowest BCUT2D eigenvalue weighted by molar-refractivity contribution is -0.111. The molecule has 2 rings (SSSR count). The standard InChI is InChI=1S/C9H6N2OS2/c10-7-8(12)11(9(13)14-7)6-4-2-1-3-5-6/h1-5,10H. The third-order valence-electron chi connectivity index (χ3n) is 1.78. The maximum Gasteiger partial charge on any atom is 0.288 e. The molecule has 0 bridgehead atoms. The zero-order valence-corrected chi connectivity index (χ0v) is 8.69. The van der Waals surface area contributed by atoms with Crippen LogP contribution in [0.2, 0.25) is 0 Å². The number of thiocarbonyl (C=S) groups is 1. The van der Waals surface area contributed by atoms with E-state index >= 15 is 0 Å². The van der Waals surface area contributed by atoms with Crippen molar-refractivity contribution in [3.05, 3.63) is 30.3 Å². The summed E-state index contributed by atoms with van der Waals surface area (Å²) in [5.74, 6) is -0.341. The van der Waals surface area contributed by atoms with Crippen LogP contribution in [0.1, 0.15) is 0 Å². The molecule has 1 N–H and O–H groups in total. The molecule has 1 aliphatic heterocycles. The van der Waals surface area contributed by atoms with Gasteiger partial charge in [0, 0.05) is 0 Å². The Bertz CT molecular complexity index is 416. The van der Waals surface area contributed by atoms with E-state index < -0.39 is 0 Å². The number of anilines is 1. The predicted molar refractivity (Wildman–Crippen MR) is 61.8 cm³/mol. The van der Waals surface area contributed by atoms with E-state index in [0.29, 0.717) is 4.32 Å². The largest absolute Gasteiger partial charge is 0.289 e. The fourth-order valence-electron chi connectivity index (χ4n) is 1.16. The van der Waals surface area contributed by atoms with Gasteiger partial charge in [-0.2, -0.15) is 0 Å². The maximum absolute atomic E-state index is 11.5. The molecule has 1 saturated heterocycles. The van der Waals surface area contributed by atoms with Gasteiger partial charge in [-0.1, -0.05) is 30.4 Å². The summed E-state index contributed by atoms with van der Waals surface area (Å²) in [5, 5.41) is 7.33. The van der Waals surface area contributed by atoms with Gasteiger partial charge in [0.05, 0.1) is 5.69 Å². The number of nitrogens with one attached hydrogen (secondary N) is 1. The summed E-state index contributed by atoms with van der Waals surface area (Å²) in [5.41, 5.74) is 0.720. The number of hydrogen-bond donors (Lipinski definition) is 1. The van der Waals surface area contributed by atoms with Crippen LogP contribution in [0, 0.1) is 5.41 Å². The first-order valence-corrected chi connectivity index (χ1v) is 5.12. The molecule has 0 saturated carbocycles. The normalized spacial score (nSPS) is 16.6. The monoisotopic (exact) mass is 222 g/mol. The Morgan fingerprint density at radius 2 is 1.93 bits per heavy atom. The second kappa shape index (κ2) is 3.51. The third-order valence-corrected chi connectivity index (χ3v) is 2.95. The van der Waals surface area contributed by atoms with Crippen molar-refractivity contribution < 1.29 is 4.79 Å². The van der Waals surface area contributed by atoms with Crippen LogP contribution in [0.3, 0.4) is 0 Å². The molecule has 0 atom stereocenters. The molecular weight excluding hydrogens is 216 g/mol. The molecule has 0 aromatic heterocycles. The predicted octanol–water partition coefficient (Wildman–Crippen LogP) is 2.03. The van der Waals surface area contributed by atoms with E-state index in [-0.39, 0.29) is 11.0 Å². The highest BCUT2D eigenvalue weighted by molar-refractivity contribution is 8.35. The van der Waals surface area contributed by atoms with Gasteiger partial charge < -0.3 is 0 Å². The fraction of sp³-hybridized carbons (Fsp3) is 0. The van der Waals surface area contributed by atoms with E-state index in [2.05, 4.69) is 0 Å². The Hall–Kier alpha value is -1.20. The summed E-state index contributed by atoms with van der Waals surface area (Å²) in [4.78, 5) is 12.9. The van der Waals surface area contributed by atoms with Gasteiger partial charge in [0.2, 0.25) is 0 Å². The summed E-state index contributed by atoms with van der Waals surface area (Å²) in [6.07, 6.45) is 0. The molecule has 1 aliphatic rings. The molecule has 5 heteroatoms. The van der Waals surface area contributed by atoms with Crippen LogP contribution in [0.25, 0.3) is 0 Å². The SMILES string of the molecule is N=C1SC(=S)N(c2ccccc2)C1=O. The highest BCUT2D eigenvalue weighted by Gasteiger charge is 2.33. The number of thioether (sulfide) groups is 1. The van der Waals surface area contributed by atoms with Crippen LogP contribution in [0.15, 0.2) is 30.3 Å². The minimum atomic E-state index is -0.341. The Morgan fingerprint density at radius 3 is 2.43 bits per heavy atom. The summed E-state index contributed by atoms with van der Waals surface area (Å²) >= 11 is 6.03. The number of benzene rings is 1. The first-order chi connectivity index (χ1) is 6.70. The van der Waals surface area contributed by atoms with Crippen LogP contribution in [-0.2, 0) is 4.79 Å². The first kappa shape index (κ1) is 9.36. The van der Waals surface area contributed by atoms with Gasteiger partial charge in [0.25, 0.3) is 5.91 Å². The average Bonchev–Trinajstić information content (AvgIpc) is 2.43. The molecule has 0 unspecified atom stereocenters. The van der Waals surface area contributed by atoms with Crippen molar-refractivity contribution in [3.8, 4) is 0 Å². The van der Waals surface area contributed by atoms with E-state index in [1.165, 1.54) is 4.90 Å². The Balaban J connectivity index is 2.41. The Morgan fingerprint density at radius 1 is 1.29 bits per heavy atom. The van der Waals surface area contributed by atoms with Crippen LogP contribution in [0.5, 0.6) is 0 Å². The van der Waals surface area contributed by atoms with Crippen molar-refractivity contribution in [1.82, 2.24) is 0 Å². The van der Waals surface area contributed by atoms with Gasteiger partial charge in [0.1, 0.15) is 0 Å². The van der Waals surface area contributed by atoms with Crippen molar-refractivity contribution in [2.75, 3.05) is 4.90 Å². The first-order valence-electron chi connectivity index (χ1n) is 3.90. The van der Waals surface area contributed by atoms with E-state index in [9.17, 15) is 4.79 Å². The maximum atomic E-state index is 11.5. The lowest BCUT2D eigenvalue weighted by atomic mass is 10.3. The molecule has 1 heterocycles. The van der Waals surface area contributed by atoms with Gasteiger partial charge >= 0.3 is 0 Å². The minimum absolute atomic E-state index is 0.0150. The van der Waals surface area contributed by atoms with Crippen molar-refractivity contribution >= 4 is 44.9 Å². The van der Waals surface area contributed by atoms with E-state index in [1.54, 1.807) is 12.1 Å². The number of para-hydroxylation sites is 1. The van der Waals surface area contributed by atoms with Crippen molar-refractivity contribution in [2.45, 2.75) is 0 Å². The molecule has 0 spiro atoms. The van der Waals surface area contributed by atoms with Gasteiger partial charge in [-0.05, 0) is 23.9 Å². The minimum Gasteiger partial charge on any atom is -0.289 e. The van der Waals surface area contributed by atoms with Crippen LogP contribution in [-0.4, -0.2) is 15.3 Å². The lowest BCUT2D eigenvalue weighted by Crippen LogP contribution is -2.29. The van der Waals surface area contributed by atoms with Gasteiger partial charge in [-0.25, -0.2) is 0 Å². The molecule has 1 fully saturated rings. The van der Waals surface area contributed by atoms with Gasteiger partial charge in [0.15, 0.2) is 9.36 Å². The number of carbonyl (C=O) groups is 1. The quantitative estimate of drug-likeness (QED) is 0.739. The lowest BCUT2D eigenvalue weighted by Gasteiger charge is -2.13. The molecule has 14 heavy (non-hydrogen) atoms. The van der Waals surface area contributed by atoms with Gasteiger partial charge in [-0.15, -0.1) is 0 Å². The number of rotatable bonds is 1. The molecule has 0 radical (unpaired) electrons. The van der Waals surface area contributed by atoms with Gasteiger partial charge in [-0.3, -0.25) is 15.1 Å². The molecule has 1 aromatic rings. The summed E-state index contributed by atoms with van der Waals surface area (Å²) in [6.45, 7) is 0. The van der Waals surface area contributed by atoms with E-state index in [4.69, 9.17) is 17.6 Å². The zero-order valence-electron chi connectivity index (χ0n) is 7.06. The fourth-order valence-corrected chi connectivity index (χ4v) is 2.23. The topological polar surface area (TPSA) is 44.2 Å². The van der Waals surface area contributed by atoms with Crippen LogP contribution in [0.4, 0.5) is 5.69 Å². The Labute approximate surface area is 90.6 Å². The summed E-state index contributed by atoms with van der Waals surface area (Å²) in [6, 6.07) is 9.12. The summed E-state index contributed by atoms with van der Waals surface area (Å²) < 4.78 is 0.422. The van der Waals surface area contributed by atoms with Crippen molar-refractivity contribution in [1.29, 1.82) is 5.41 Å². The highest BCUT2D eigenvalue weighted by atomic mass is 32.2. The Kier molecular flexibility index (Phi) is 2.35. The van der Waals surface area contributed by atoms with Crippen LogP contribution >= 0.6 is 24.0 Å². The smallest absolute Gasteiger partial charge is 0.288 e. The zero-order chi connectivity index (χ0) is 10.1. The molecular formula is C9H6N2OS2. The average molecular weight is 222 g/mol. The molecule has 3 nitrogen and oxygen atoms in total. The van der Waals surface area contributed by atoms with Crippen LogP contribution < -0.4 is 4.90 Å². The van der Waals surface area contributed by atoms with E-state index in [1.807, 2.05) is 18.2 Å². The number of carbonyl (C=O) groups excluding carboxylic acids is 1. The third kappa shape index (κ3) is 1.44. The second-order valence-corrected chi connectivity index (χ2v) is 4.32. The number of hydrogen-bond acceptors (Lipinski definition) is 4. The molecule has 1 amide bonds. The molecule has 1 aromatic carbocycles. The second-order valence-electron chi connectivity index (χ2n) is 2.67. The molecule has 70 valence electrons.